The van der Waals surface area contributed by atoms with Crippen molar-refractivity contribution in [1.82, 2.24) is 0 Å². The smallest absolute Gasteiger partial charge is 0.312 e. The number of aryl methyl sites for hydroxylation is 1. The van der Waals surface area contributed by atoms with Gasteiger partial charge in [0.2, 0.25) is 0 Å². The van der Waals surface area contributed by atoms with Gasteiger partial charge < -0.3 is 4.74 Å². The van der Waals surface area contributed by atoms with Crippen molar-refractivity contribution in [2.75, 3.05) is 6.61 Å². The molecule has 5 nitrogen and oxygen atoms in total. The van der Waals surface area contributed by atoms with Gasteiger partial charge in [0.15, 0.2) is 0 Å². The van der Waals surface area contributed by atoms with Crippen LogP contribution in [0.2, 0.25) is 0 Å². The molecule has 1 heterocycles. The van der Waals surface area contributed by atoms with Crippen LogP contribution in [0.1, 0.15) is 57.9 Å². The van der Waals surface area contributed by atoms with Gasteiger partial charge in [0, 0.05) is 6.42 Å². The van der Waals surface area contributed by atoms with E-state index in [0.717, 1.165) is 37.7 Å². The first-order chi connectivity index (χ1) is 11.8. The van der Waals surface area contributed by atoms with Crippen LogP contribution in [-0.2, 0) is 23.8 Å². The van der Waals surface area contributed by atoms with Gasteiger partial charge in [0.1, 0.15) is 6.10 Å². The number of rotatable bonds is 9. The Morgan fingerprint density at radius 3 is 2.36 bits per heavy atom. The Labute approximate surface area is 150 Å². The van der Waals surface area contributed by atoms with Crippen molar-refractivity contribution in [2.45, 2.75) is 70.3 Å². The van der Waals surface area contributed by atoms with E-state index in [2.05, 4.69) is 0 Å². The standard InChI is InChI=1S/C19H28O5S/c1-4-19(5-2)14-16(24-18(19)20)8-6-7-13-23-25(21,22)17-11-9-15(3)10-12-17/h9-12,16H,4-8,13-14H2,1-3H3. The maximum absolute atomic E-state index is 12.1. The molecule has 140 valence electrons. The average molecular weight is 368 g/mol. The van der Waals surface area contributed by atoms with Crippen molar-refractivity contribution in [2.24, 2.45) is 5.41 Å². The van der Waals surface area contributed by atoms with Crippen molar-refractivity contribution in [3.05, 3.63) is 29.8 Å². The van der Waals surface area contributed by atoms with Crippen LogP contribution in [0.5, 0.6) is 0 Å². The summed E-state index contributed by atoms with van der Waals surface area (Å²) >= 11 is 0. The molecule has 0 N–H and O–H groups in total. The molecule has 1 aromatic carbocycles. The van der Waals surface area contributed by atoms with Crippen LogP contribution >= 0.6 is 0 Å². The van der Waals surface area contributed by atoms with Gasteiger partial charge in [-0.25, -0.2) is 0 Å². The minimum Gasteiger partial charge on any atom is -0.462 e. The number of hydrogen-bond acceptors (Lipinski definition) is 5. The zero-order valence-electron chi connectivity index (χ0n) is 15.3. The summed E-state index contributed by atoms with van der Waals surface area (Å²) in [5, 5.41) is 0. The number of unbranched alkanes of at least 4 members (excludes halogenated alkanes) is 1. The molecule has 1 aromatic rings. The lowest BCUT2D eigenvalue weighted by atomic mass is 9.79. The molecule has 0 aliphatic carbocycles. The molecule has 0 radical (unpaired) electrons. The summed E-state index contributed by atoms with van der Waals surface area (Å²) < 4.78 is 34.7. The van der Waals surface area contributed by atoms with Crippen molar-refractivity contribution in [3.8, 4) is 0 Å². The second-order valence-corrected chi connectivity index (χ2v) is 8.42. The lowest BCUT2D eigenvalue weighted by Crippen LogP contribution is -2.24. The number of hydrogen-bond donors (Lipinski definition) is 0. The molecule has 0 spiro atoms. The van der Waals surface area contributed by atoms with Crippen LogP contribution in [0.15, 0.2) is 29.2 Å². The number of benzene rings is 1. The molecule has 1 unspecified atom stereocenters. The molecule has 6 heteroatoms. The maximum Gasteiger partial charge on any atom is 0.312 e. The van der Waals surface area contributed by atoms with Gasteiger partial charge in [-0.05, 0) is 51.2 Å². The van der Waals surface area contributed by atoms with E-state index in [9.17, 15) is 13.2 Å². The minimum atomic E-state index is -3.70. The lowest BCUT2D eigenvalue weighted by Gasteiger charge is -2.20. The summed E-state index contributed by atoms with van der Waals surface area (Å²) in [5.41, 5.74) is 0.677. The van der Waals surface area contributed by atoms with Gasteiger partial charge in [0.05, 0.1) is 16.9 Å². The molecule has 0 amide bonds. The Morgan fingerprint density at radius 1 is 1.16 bits per heavy atom. The summed E-state index contributed by atoms with van der Waals surface area (Å²) in [6.45, 7) is 6.09. The zero-order valence-corrected chi connectivity index (χ0v) is 16.1. The van der Waals surface area contributed by atoms with Crippen LogP contribution < -0.4 is 0 Å². The highest BCUT2D eigenvalue weighted by Crippen LogP contribution is 2.41. The Morgan fingerprint density at radius 2 is 1.80 bits per heavy atom. The molecule has 1 aliphatic rings. The first-order valence-corrected chi connectivity index (χ1v) is 10.4. The second-order valence-electron chi connectivity index (χ2n) is 6.80. The van der Waals surface area contributed by atoms with Gasteiger partial charge in [-0.1, -0.05) is 31.5 Å². The fraction of sp³-hybridized carbons (Fsp3) is 0.632. The molecule has 0 aromatic heterocycles. The topological polar surface area (TPSA) is 69.7 Å². The highest BCUT2D eigenvalue weighted by molar-refractivity contribution is 7.86. The first kappa shape index (κ1) is 19.9. The van der Waals surface area contributed by atoms with Crippen molar-refractivity contribution in [3.63, 3.8) is 0 Å². The monoisotopic (exact) mass is 368 g/mol. The Balaban J connectivity index is 1.73. The van der Waals surface area contributed by atoms with Crippen LogP contribution in [-0.4, -0.2) is 27.1 Å². The molecular formula is C19H28O5S. The summed E-state index contributed by atoms with van der Waals surface area (Å²) in [7, 11) is -3.70. The van der Waals surface area contributed by atoms with Gasteiger partial charge in [-0.3, -0.25) is 8.98 Å². The van der Waals surface area contributed by atoms with Crippen LogP contribution in [0.25, 0.3) is 0 Å². The largest absolute Gasteiger partial charge is 0.462 e. The zero-order chi connectivity index (χ0) is 18.5. The molecule has 25 heavy (non-hydrogen) atoms. The van der Waals surface area contributed by atoms with Crippen LogP contribution in [0.3, 0.4) is 0 Å². The minimum absolute atomic E-state index is 0.0545. The number of carbonyl (C=O) groups excluding carboxylic acids is 1. The SMILES string of the molecule is CCC1(CC)CC(CCCCOS(=O)(=O)c2ccc(C)cc2)OC1=O. The third-order valence-electron chi connectivity index (χ3n) is 5.15. The average Bonchev–Trinajstić information content (AvgIpc) is 2.91. The van der Waals surface area contributed by atoms with Crippen molar-refractivity contribution < 1.29 is 22.1 Å². The Kier molecular flexibility index (Phi) is 6.63. The fourth-order valence-electron chi connectivity index (χ4n) is 3.24. The number of cyclic esters (lactones) is 1. The van der Waals surface area contributed by atoms with Crippen LogP contribution in [0.4, 0.5) is 0 Å². The van der Waals surface area contributed by atoms with E-state index in [-0.39, 0.29) is 29.0 Å². The van der Waals surface area contributed by atoms with E-state index in [1.54, 1.807) is 24.3 Å². The molecule has 0 saturated carbocycles. The van der Waals surface area contributed by atoms with Gasteiger partial charge in [-0.15, -0.1) is 0 Å². The summed E-state index contributed by atoms with van der Waals surface area (Å²) in [4.78, 5) is 12.2. The number of esters is 1. The predicted molar refractivity (Wildman–Crippen MR) is 95.7 cm³/mol. The van der Waals surface area contributed by atoms with Crippen molar-refractivity contribution in [1.29, 1.82) is 0 Å². The lowest BCUT2D eigenvalue weighted by molar-refractivity contribution is -0.149. The van der Waals surface area contributed by atoms with Gasteiger partial charge in [0.25, 0.3) is 10.1 Å². The molecule has 1 atom stereocenters. The molecular weight excluding hydrogens is 340 g/mol. The normalized spacial score (nSPS) is 19.8. The fourth-order valence-corrected chi connectivity index (χ4v) is 4.18. The molecule has 2 rings (SSSR count). The quantitative estimate of drug-likeness (QED) is 0.374. The summed E-state index contributed by atoms with van der Waals surface area (Å²) in [5.74, 6) is -0.0827. The maximum atomic E-state index is 12.1. The highest BCUT2D eigenvalue weighted by Gasteiger charge is 2.45. The molecule has 0 bridgehead atoms. The molecule has 1 saturated heterocycles. The van der Waals surface area contributed by atoms with Crippen LogP contribution in [0, 0.1) is 12.3 Å². The molecule has 1 aliphatic heterocycles. The number of ether oxygens (including phenoxy) is 1. The van der Waals surface area contributed by atoms with Gasteiger partial charge >= 0.3 is 5.97 Å². The molecule has 1 fully saturated rings. The summed E-state index contributed by atoms with van der Waals surface area (Å²) in [6.07, 6.45) is 4.45. The third kappa shape index (κ3) is 4.82. The van der Waals surface area contributed by atoms with E-state index < -0.39 is 10.1 Å². The van der Waals surface area contributed by atoms with E-state index in [0.29, 0.717) is 6.42 Å². The van der Waals surface area contributed by atoms with Gasteiger partial charge in [-0.2, -0.15) is 8.42 Å². The first-order valence-electron chi connectivity index (χ1n) is 9.00. The van der Waals surface area contributed by atoms with E-state index in [1.807, 2.05) is 20.8 Å². The Hall–Kier alpha value is -1.40. The van der Waals surface area contributed by atoms with Crippen molar-refractivity contribution >= 4 is 16.1 Å². The third-order valence-corrected chi connectivity index (χ3v) is 6.47. The summed E-state index contributed by atoms with van der Waals surface area (Å²) in [6, 6.07) is 6.60. The van der Waals surface area contributed by atoms with E-state index in [4.69, 9.17) is 8.92 Å². The Bertz CT molecular complexity index is 674. The predicted octanol–water partition coefficient (Wildman–Crippen LogP) is 3.99. The van der Waals surface area contributed by atoms with E-state index in [1.165, 1.54) is 0 Å². The van der Waals surface area contributed by atoms with E-state index >= 15 is 0 Å². The highest BCUT2D eigenvalue weighted by atomic mass is 32.2. The number of carbonyl (C=O) groups is 1. The second kappa shape index (κ2) is 8.32.